The number of ether oxygens (including phenoxy) is 2. The Balaban J connectivity index is 2.26. The summed E-state index contributed by atoms with van der Waals surface area (Å²) in [6.45, 7) is 11.2. The quantitative estimate of drug-likeness (QED) is 0.317. The maximum Gasteiger partial charge on any atom is 0.223 e. The number of methoxy groups -OCH3 is 2. The predicted molar refractivity (Wildman–Crippen MR) is 137 cm³/mol. The molecule has 0 aliphatic rings. The molecule has 0 aliphatic carbocycles. The lowest BCUT2D eigenvalue weighted by Crippen LogP contribution is -2.19. The Hall–Kier alpha value is -3.17. The van der Waals surface area contributed by atoms with E-state index in [9.17, 15) is 14.2 Å². The first-order chi connectivity index (χ1) is 16.1. The highest BCUT2D eigenvalue weighted by Crippen LogP contribution is 2.42. The minimum absolute atomic E-state index is 0.189. The standard InChI is InChI=1S/C28H31O5P/c1-15-14-16(2)22(18(4)17(15)3)28(30)34(31)27-25(32-7)19(5)23(20(6)26(27)33-8)24(29)21-12-10-9-11-13-21/h9-14,34H,1-8H3. The van der Waals surface area contributed by atoms with Crippen molar-refractivity contribution in [2.75, 3.05) is 14.2 Å². The summed E-state index contributed by atoms with van der Waals surface area (Å²) in [5, 5.41) is 0.219. The molecule has 0 bridgehead atoms. The van der Waals surface area contributed by atoms with Crippen molar-refractivity contribution in [2.24, 2.45) is 0 Å². The molecular weight excluding hydrogens is 447 g/mol. The molecule has 178 valence electrons. The van der Waals surface area contributed by atoms with Crippen molar-refractivity contribution in [2.45, 2.75) is 41.5 Å². The van der Waals surface area contributed by atoms with Crippen LogP contribution in [0, 0.1) is 41.5 Å². The molecule has 0 aromatic heterocycles. The summed E-state index contributed by atoms with van der Waals surface area (Å²) in [6.07, 6.45) is 0. The Labute approximate surface area is 201 Å². The van der Waals surface area contributed by atoms with Gasteiger partial charge in [0, 0.05) is 27.8 Å². The van der Waals surface area contributed by atoms with E-state index < -0.39 is 13.3 Å². The normalized spacial score (nSPS) is 11.8. The lowest BCUT2D eigenvalue weighted by Gasteiger charge is -2.22. The molecule has 3 aromatic rings. The Morgan fingerprint density at radius 1 is 0.706 bits per heavy atom. The molecule has 0 fully saturated rings. The Kier molecular flexibility index (Phi) is 7.48. The van der Waals surface area contributed by atoms with Crippen molar-refractivity contribution in [1.29, 1.82) is 0 Å². The van der Waals surface area contributed by atoms with Crippen LogP contribution < -0.4 is 14.8 Å². The molecule has 6 heteroatoms. The van der Waals surface area contributed by atoms with Gasteiger partial charge >= 0.3 is 0 Å². The van der Waals surface area contributed by atoms with Crippen LogP contribution in [0.5, 0.6) is 11.5 Å². The third-order valence-corrected chi connectivity index (χ3v) is 8.14. The van der Waals surface area contributed by atoms with Gasteiger partial charge in [-0.1, -0.05) is 36.4 Å². The van der Waals surface area contributed by atoms with Crippen molar-refractivity contribution >= 4 is 24.4 Å². The molecule has 3 rings (SSSR count). The highest BCUT2D eigenvalue weighted by molar-refractivity contribution is 7.72. The predicted octanol–water partition coefficient (Wildman–Crippen LogP) is 5.81. The van der Waals surface area contributed by atoms with Crippen molar-refractivity contribution in [3.05, 3.63) is 86.5 Å². The van der Waals surface area contributed by atoms with Gasteiger partial charge in [0.1, 0.15) is 16.8 Å². The molecule has 0 aliphatic heterocycles. The summed E-state index contributed by atoms with van der Waals surface area (Å²) in [6, 6.07) is 10.9. The number of benzene rings is 3. The zero-order chi connectivity index (χ0) is 25.3. The van der Waals surface area contributed by atoms with Gasteiger partial charge in [-0.15, -0.1) is 0 Å². The first-order valence-corrected chi connectivity index (χ1v) is 12.5. The van der Waals surface area contributed by atoms with Crippen molar-refractivity contribution in [1.82, 2.24) is 0 Å². The fourth-order valence-electron chi connectivity index (χ4n) is 4.64. The summed E-state index contributed by atoms with van der Waals surface area (Å²) < 4.78 is 25.2. The van der Waals surface area contributed by atoms with Crippen LogP contribution in [0.2, 0.25) is 0 Å². The number of aryl methyl sites for hydroxylation is 2. The Morgan fingerprint density at radius 3 is 1.74 bits per heavy atom. The zero-order valence-corrected chi connectivity index (χ0v) is 22.0. The van der Waals surface area contributed by atoms with E-state index >= 15 is 0 Å². The maximum absolute atomic E-state index is 13.9. The van der Waals surface area contributed by atoms with Crippen molar-refractivity contribution in [3.8, 4) is 11.5 Å². The van der Waals surface area contributed by atoms with E-state index in [1.807, 2.05) is 39.8 Å². The molecule has 1 atom stereocenters. The van der Waals surface area contributed by atoms with Gasteiger partial charge < -0.3 is 14.0 Å². The number of rotatable bonds is 7. The first-order valence-electron chi connectivity index (χ1n) is 11.1. The van der Waals surface area contributed by atoms with Crippen LogP contribution >= 0.6 is 7.80 Å². The summed E-state index contributed by atoms with van der Waals surface area (Å²) in [4.78, 5) is 27.0. The topological polar surface area (TPSA) is 69.7 Å². The van der Waals surface area contributed by atoms with E-state index in [0.717, 1.165) is 22.3 Å². The smallest absolute Gasteiger partial charge is 0.223 e. The van der Waals surface area contributed by atoms with Crippen molar-refractivity contribution < 1.29 is 23.6 Å². The molecule has 0 N–H and O–H groups in total. The molecule has 1 unspecified atom stereocenters. The number of carbonyl (C=O) groups is 2. The van der Waals surface area contributed by atoms with E-state index in [1.165, 1.54) is 14.2 Å². The molecular formula is C28H31O5P. The first kappa shape index (κ1) is 25.5. The van der Waals surface area contributed by atoms with Gasteiger partial charge in [-0.25, -0.2) is 0 Å². The van der Waals surface area contributed by atoms with Crippen LogP contribution in [-0.2, 0) is 4.57 Å². The summed E-state index contributed by atoms with van der Waals surface area (Å²) in [7, 11) is -0.159. The molecule has 0 saturated carbocycles. The van der Waals surface area contributed by atoms with Crippen LogP contribution in [0.1, 0.15) is 59.7 Å². The summed E-state index contributed by atoms with van der Waals surface area (Å²) >= 11 is 0. The van der Waals surface area contributed by atoms with Crippen LogP contribution in [0.25, 0.3) is 0 Å². The lowest BCUT2D eigenvalue weighted by molar-refractivity contribution is 0.103. The molecule has 0 saturated heterocycles. The summed E-state index contributed by atoms with van der Waals surface area (Å²) in [5.74, 6) is 0.307. The van der Waals surface area contributed by atoms with Crippen LogP contribution in [0.4, 0.5) is 0 Å². The molecule has 0 radical (unpaired) electrons. The van der Waals surface area contributed by atoms with Crippen LogP contribution in [0.3, 0.4) is 0 Å². The van der Waals surface area contributed by atoms with Gasteiger partial charge in [0.05, 0.1) is 14.2 Å². The summed E-state index contributed by atoms with van der Waals surface area (Å²) in [5.41, 5.74) is 5.72. The fraction of sp³-hybridized carbons (Fsp3) is 0.286. The van der Waals surface area contributed by atoms with Crippen molar-refractivity contribution in [3.63, 3.8) is 0 Å². The highest BCUT2D eigenvalue weighted by Gasteiger charge is 2.32. The highest BCUT2D eigenvalue weighted by atomic mass is 31.1. The SMILES string of the molecule is COc1c(C)c(C(=O)c2ccccc2)c(C)c(OC)c1[PH](=O)C(=O)c1c(C)cc(C)c(C)c1C. The maximum atomic E-state index is 13.9. The lowest BCUT2D eigenvalue weighted by atomic mass is 9.93. The fourth-order valence-corrected chi connectivity index (χ4v) is 6.47. The third-order valence-electron chi connectivity index (χ3n) is 6.57. The molecule has 34 heavy (non-hydrogen) atoms. The minimum Gasteiger partial charge on any atom is -0.496 e. The third kappa shape index (κ3) is 4.21. The zero-order valence-electron chi connectivity index (χ0n) is 21.0. The number of hydrogen-bond acceptors (Lipinski definition) is 5. The monoisotopic (exact) mass is 478 g/mol. The van der Waals surface area contributed by atoms with Crippen LogP contribution in [0.15, 0.2) is 36.4 Å². The van der Waals surface area contributed by atoms with Gasteiger partial charge in [-0.3, -0.25) is 9.59 Å². The Morgan fingerprint density at radius 2 is 1.24 bits per heavy atom. The van der Waals surface area contributed by atoms with E-state index in [2.05, 4.69) is 0 Å². The van der Waals surface area contributed by atoms with Gasteiger partial charge in [0.25, 0.3) is 0 Å². The van der Waals surface area contributed by atoms with E-state index in [0.29, 0.717) is 27.8 Å². The largest absolute Gasteiger partial charge is 0.496 e. The van der Waals surface area contributed by atoms with Crippen LogP contribution in [-0.4, -0.2) is 25.5 Å². The minimum atomic E-state index is -3.05. The molecule has 3 aromatic carbocycles. The second-order valence-corrected chi connectivity index (χ2v) is 10.2. The number of hydrogen-bond donors (Lipinski definition) is 0. The average Bonchev–Trinajstić information content (AvgIpc) is 2.82. The molecule has 5 nitrogen and oxygen atoms in total. The molecule has 0 spiro atoms. The van der Waals surface area contributed by atoms with Gasteiger partial charge in [-0.2, -0.15) is 0 Å². The van der Waals surface area contributed by atoms with Gasteiger partial charge in [-0.05, 0) is 63.8 Å². The Bertz CT molecular complexity index is 1290. The van der Waals surface area contributed by atoms with E-state index in [1.54, 1.807) is 38.1 Å². The number of carbonyl (C=O) groups excluding carboxylic acids is 2. The molecule has 0 amide bonds. The number of ketones is 1. The average molecular weight is 479 g/mol. The molecule has 0 heterocycles. The van der Waals surface area contributed by atoms with Gasteiger partial charge in [0.15, 0.2) is 13.6 Å². The second kappa shape index (κ2) is 9.99. The second-order valence-electron chi connectivity index (χ2n) is 8.56. The van der Waals surface area contributed by atoms with E-state index in [-0.39, 0.29) is 22.6 Å². The van der Waals surface area contributed by atoms with Gasteiger partial charge in [0.2, 0.25) is 5.52 Å². The van der Waals surface area contributed by atoms with E-state index in [4.69, 9.17) is 9.47 Å².